The highest BCUT2D eigenvalue weighted by Crippen LogP contribution is 2.26. The highest BCUT2D eigenvalue weighted by Gasteiger charge is 2.25. The summed E-state index contributed by atoms with van der Waals surface area (Å²) in [6.45, 7) is 2.45. The Morgan fingerprint density at radius 2 is 1.92 bits per heavy atom. The normalized spacial score (nSPS) is 16.0. The van der Waals surface area contributed by atoms with Gasteiger partial charge in [-0.2, -0.15) is 0 Å². The van der Waals surface area contributed by atoms with Gasteiger partial charge in [0.1, 0.15) is 10.8 Å². The molecule has 2 heterocycles. The van der Waals surface area contributed by atoms with Crippen molar-refractivity contribution in [1.29, 1.82) is 0 Å². The second-order valence-corrected chi connectivity index (χ2v) is 7.22. The zero-order chi connectivity index (χ0) is 17.8. The molecule has 1 aliphatic rings. The van der Waals surface area contributed by atoms with Gasteiger partial charge in [0.15, 0.2) is 0 Å². The van der Waals surface area contributed by atoms with E-state index in [-0.39, 0.29) is 27.8 Å². The van der Waals surface area contributed by atoms with Crippen LogP contribution in [0.4, 0.5) is 0 Å². The number of nitrogens with zero attached hydrogens (tertiary/aromatic N) is 2. The molecule has 0 spiro atoms. The number of amides is 1. The molecule has 1 aromatic heterocycles. The average Bonchev–Trinajstić information content (AvgIpc) is 3.11. The van der Waals surface area contributed by atoms with Crippen LogP contribution in [0.5, 0.6) is 0 Å². The summed E-state index contributed by atoms with van der Waals surface area (Å²) in [6.07, 6.45) is 2.32. The molecular weight excluding hydrogens is 381 g/mol. The molecule has 1 aromatic carbocycles. The number of halogens is 3. The van der Waals surface area contributed by atoms with Gasteiger partial charge < -0.3 is 5.32 Å². The number of benzene rings is 1. The van der Waals surface area contributed by atoms with Gasteiger partial charge in [-0.05, 0) is 55.8 Å². The summed E-state index contributed by atoms with van der Waals surface area (Å²) < 4.78 is 0. The second-order valence-electron chi connectivity index (χ2n) is 5.99. The average molecular weight is 399 g/mol. The van der Waals surface area contributed by atoms with Gasteiger partial charge in [0.25, 0.3) is 5.91 Å². The van der Waals surface area contributed by atoms with E-state index in [9.17, 15) is 4.79 Å². The van der Waals surface area contributed by atoms with Gasteiger partial charge in [-0.3, -0.25) is 9.69 Å². The van der Waals surface area contributed by atoms with E-state index < -0.39 is 0 Å². The van der Waals surface area contributed by atoms with E-state index in [4.69, 9.17) is 34.8 Å². The van der Waals surface area contributed by atoms with E-state index in [1.165, 1.54) is 0 Å². The molecule has 1 atom stereocenters. The minimum atomic E-state index is -0.335. The molecule has 7 heteroatoms. The van der Waals surface area contributed by atoms with E-state index in [2.05, 4.69) is 15.2 Å². The smallest absolute Gasteiger partial charge is 0.271 e. The third kappa shape index (κ3) is 4.64. The van der Waals surface area contributed by atoms with Crippen molar-refractivity contribution in [1.82, 2.24) is 15.2 Å². The molecule has 0 radical (unpaired) electrons. The van der Waals surface area contributed by atoms with Crippen molar-refractivity contribution in [2.75, 3.05) is 19.6 Å². The van der Waals surface area contributed by atoms with Crippen LogP contribution in [0.2, 0.25) is 15.2 Å². The van der Waals surface area contributed by atoms with Crippen molar-refractivity contribution in [3.63, 3.8) is 0 Å². The van der Waals surface area contributed by atoms with Crippen molar-refractivity contribution in [2.45, 2.75) is 18.9 Å². The van der Waals surface area contributed by atoms with Gasteiger partial charge in [0, 0.05) is 11.6 Å². The largest absolute Gasteiger partial charge is 0.349 e. The third-order valence-corrected chi connectivity index (χ3v) is 5.05. The Morgan fingerprint density at radius 3 is 2.64 bits per heavy atom. The predicted molar refractivity (Wildman–Crippen MR) is 102 cm³/mol. The highest BCUT2D eigenvalue weighted by molar-refractivity contribution is 6.34. The van der Waals surface area contributed by atoms with Gasteiger partial charge in [-0.1, -0.05) is 46.9 Å². The van der Waals surface area contributed by atoms with Crippen LogP contribution in [0.1, 0.15) is 34.9 Å². The summed E-state index contributed by atoms with van der Waals surface area (Å²) in [5.74, 6) is -0.335. The standard InChI is InChI=1S/C18H18Cl3N3O/c19-13-5-3-4-12(10-13)15(24-8-1-2-9-24)11-22-18(25)17-14(20)6-7-16(21)23-17/h3-7,10,15H,1-2,8-9,11H2,(H,22,25). The van der Waals surface area contributed by atoms with E-state index in [1.807, 2.05) is 24.3 Å². The molecule has 25 heavy (non-hydrogen) atoms. The summed E-state index contributed by atoms with van der Waals surface area (Å²) in [6, 6.07) is 10.9. The van der Waals surface area contributed by atoms with Crippen molar-refractivity contribution in [3.05, 3.63) is 62.9 Å². The Labute approximate surface area is 162 Å². The fraction of sp³-hybridized carbons (Fsp3) is 0.333. The van der Waals surface area contributed by atoms with Gasteiger partial charge >= 0.3 is 0 Å². The van der Waals surface area contributed by atoms with Crippen molar-refractivity contribution in [3.8, 4) is 0 Å². The van der Waals surface area contributed by atoms with Crippen LogP contribution < -0.4 is 5.32 Å². The van der Waals surface area contributed by atoms with Gasteiger partial charge in [-0.15, -0.1) is 0 Å². The minimum absolute atomic E-state index is 0.0584. The fourth-order valence-corrected chi connectivity index (χ4v) is 3.61. The maximum Gasteiger partial charge on any atom is 0.271 e. The van der Waals surface area contributed by atoms with E-state index in [0.29, 0.717) is 11.6 Å². The number of carbonyl (C=O) groups excluding carboxylic acids is 1. The van der Waals surface area contributed by atoms with Gasteiger partial charge in [-0.25, -0.2) is 4.98 Å². The third-order valence-electron chi connectivity index (χ3n) is 4.30. The predicted octanol–water partition coefficient (Wildman–Crippen LogP) is 4.61. The molecule has 1 fully saturated rings. The summed E-state index contributed by atoms with van der Waals surface area (Å²) in [7, 11) is 0. The maximum absolute atomic E-state index is 12.5. The zero-order valence-corrected chi connectivity index (χ0v) is 15.8. The number of pyridine rings is 1. The number of hydrogen-bond acceptors (Lipinski definition) is 3. The van der Waals surface area contributed by atoms with Crippen molar-refractivity contribution < 1.29 is 4.79 Å². The highest BCUT2D eigenvalue weighted by atomic mass is 35.5. The Kier molecular flexibility index (Phi) is 6.18. The Hall–Kier alpha value is -1.33. The summed E-state index contributed by atoms with van der Waals surface area (Å²) in [5, 5.41) is 4.14. The van der Waals surface area contributed by atoms with E-state index >= 15 is 0 Å². The first kappa shape index (κ1) is 18.5. The molecule has 4 nitrogen and oxygen atoms in total. The Bertz CT molecular complexity index is 763. The monoisotopic (exact) mass is 397 g/mol. The topological polar surface area (TPSA) is 45.2 Å². The number of rotatable bonds is 5. The number of aromatic nitrogens is 1. The number of likely N-dealkylation sites (tertiary alicyclic amines) is 1. The number of hydrogen-bond donors (Lipinski definition) is 1. The maximum atomic E-state index is 12.5. The fourth-order valence-electron chi connectivity index (χ4n) is 3.08. The molecule has 1 amide bonds. The zero-order valence-electron chi connectivity index (χ0n) is 13.5. The molecule has 0 saturated carbocycles. The molecule has 1 saturated heterocycles. The summed E-state index contributed by atoms with van der Waals surface area (Å²) >= 11 is 18.1. The lowest BCUT2D eigenvalue weighted by Crippen LogP contribution is -2.37. The van der Waals surface area contributed by atoms with Crippen LogP contribution >= 0.6 is 34.8 Å². The Balaban J connectivity index is 1.76. The first-order valence-corrected chi connectivity index (χ1v) is 9.28. The lowest BCUT2D eigenvalue weighted by molar-refractivity contribution is 0.0933. The number of nitrogens with one attached hydrogen (secondary N) is 1. The number of carbonyl (C=O) groups is 1. The van der Waals surface area contributed by atoms with Crippen LogP contribution in [0.25, 0.3) is 0 Å². The quantitative estimate of drug-likeness (QED) is 0.748. The molecule has 132 valence electrons. The molecular formula is C18H18Cl3N3O. The van der Waals surface area contributed by atoms with Gasteiger partial charge in [0.2, 0.25) is 0 Å². The first-order valence-electron chi connectivity index (χ1n) is 8.14. The lowest BCUT2D eigenvalue weighted by Gasteiger charge is -2.28. The first-order chi connectivity index (χ1) is 12.0. The molecule has 0 aliphatic carbocycles. The van der Waals surface area contributed by atoms with Crippen LogP contribution in [0, 0.1) is 0 Å². The van der Waals surface area contributed by atoms with E-state index in [1.54, 1.807) is 12.1 Å². The molecule has 1 unspecified atom stereocenters. The molecule has 1 aliphatic heterocycles. The van der Waals surface area contributed by atoms with Crippen molar-refractivity contribution in [2.24, 2.45) is 0 Å². The van der Waals surface area contributed by atoms with Crippen molar-refractivity contribution >= 4 is 40.7 Å². The second kappa shape index (κ2) is 8.37. The summed E-state index contributed by atoms with van der Waals surface area (Å²) in [4.78, 5) is 18.9. The Morgan fingerprint density at radius 1 is 1.16 bits per heavy atom. The van der Waals surface area contributed by atoms with Crippen LogP contribution in [0.3, 0.4) is 0 Å². The lowest BCUT2D eigenvalue weighted by atomic mass is 10.1. The van der Waals surface area contributed by atoms with Crippen LogP contribution in [-0.4, -0.2) is 35.4 Å². The van der Waals surface area contributed by atoms with E-state index in [0.717, 1.165) is 31.5 Å². The molecule has 1 N–H and O–H groups in total. The molecule has 2 aromatic rings. The SMILES string of the molecule is O=C(NCC(c1cccc(Cl)c1)N1CCCC1)c1nc(Cl)ccc1Cl. The van der Waals surface area contributed by atoms with Gasteiger partial charge in [0.05, 0.1) is 11.1 Å². The summed E-state index contributed by atoms with van der Waals surface area (Å²) in [5.41, 5.74) is 1.22. The minimum Gasteiger partial charge on any atom is -0.349 e. The van der Waals surface area contributed by atoms with Crippen LogP contribution in [0.15, 0.2) is 36.4 Å². The van der Waals surface area contributed by atoms with Crippen LogP contribution in [-0.2, 0) is 0 Å². The molecule has 0 bridgehead atoms. The molecule has 3 rings (SSSR count).